The van der Waals surface area contributed by atoms with E-state index >= 15 is 0 Å². The number of rotatable bonds is 8. The molecule has 122 valence electrons. The van der Waals surface area contributed by atoms with Crippen molar-refractivity contribution in [1.82, 2.24) is 5.43 Å². The molecule has 0 fully saturated rings. The molecule has 1 unspecified atom stereocenters. The third-order valence-electron chi connectivity index (χ3n) is 3.68. The molecular weight excluding hydrogens is 348 g/mol. The van der Waals surface area contributed by atoms with Crippen LogP contribution < -0.4 is 17.1 Å². The number of carboxylic acid groups (broad SMARTS) is 1. The first-order chi connectivity index (χ1) is 10.5. The topological polar surface area (TPSA) is 114 Å². The lowest BCUT2D eigenvalue weighted by Gasteiger charge is -2.25. The number of carboxylic acids is 1. The van der Waals surface area contributed by atoms with Gasteiger partial charge < -0.3 is 16.4 Å². The van der Waals surface area contributed by atoms with Crippen LogP contribution in [-0.4, -0.2) is 16.9 Å². The molecule has 1 aromatic carbocycles. The number of aliphatic carboxylic acids is 1. The Labute approximate surface area is 139 Å². The maximum atomic E-state index is 11.7. The van der Waals surface area contributed by atoms with E-state index in [1.165, 1.54) is 0 Å². The predicted molar refractivity (Wildman–Crippen MR) is 90.9 cm³/mol. The first-order valence-electron chi connectivity index (χ1n) is 7.25. The number of halogens is 1. The highest BCUT2D eigenvalue weighted by Gasteiger charge is 2.31. The van der Waals surface area contributed by atoms with Crippen molar-refractivity contribution in [3.05, 3.63) is 34.3 Å². The fraction of sp³-hybridized carbons (Fsp3) is 0.467. The Morgan fingerprint density at radius 3 is 2.45 bits per heavy atom. The zero-order valence-electron chi connectivity index (χ0n) is 12.6. The third kappa shape index (κ3) is 5.31. The summed E-state index contributed by atoms with van der Waals surface area (Å²) in [7, 11) is 0. The van der Waals surface area contributed by atoms with Gasteiger partial charge in [0.15, 0.2) is 0 Å². The smallest absolute Gasteiger partial charge is 0.307 e. The number of unbranched alkanes of at least 4 members (excludes halogenated alkanes) is 1. The number of carbonyl (C=O) groups is 1. The van der Waals surface area contributed by atoms with Gasteiger partial charge in [-0.05, 0) is 30.5 Å². The molecule has 0 aliphatic carbocycles. The molecule has 22 heavy (non-hydrogen) atoms. The number of hydrazine groups is 1. The number of hydrazone groups is 1. The Balaban J connectivity index is 3.04. The molecule has 1 rings (SSSR count). The molecule has 0 radical (unpaired) electrons. The summed E-state index contributed by atoms with van der Waals surface area (Å²) in [5.41, 5.74) is 3.45. The minimum Gasteiger partial charge on any atom is -0.481 e. The van der Waals surface area contributed by atoms with Crippen LogP contribution in [0, 0.1) is 11.8 Å². The molecule has 0 amide bonds. The lowest BCUT2D eigenvalue weighted by Crippen LogP contribution is -2.43. The first kappa shape index (κ1) is 18.4. The Bertz CT molecular complexity index is 505. The van der Waals surface area contributed by atoms with E-state index in [0.717, 1.165) is 22.9 Å². The number of hydrogen-bond donors (Lipinski definition) is 4. The van der Waals surface area contributed by atoms with Crippen molar-refractivity contribution in [2.24, 2.45) is 28.6 Å². The standard InChI is InChI=1S/C15H23BrN4O2/c1-2-3-4-12(15(21)22)13(14(19-17)20-18)9-10-5-7-11(16)8-6-10/h5-8,12-13H,2-4,9,17-18H2,1H3,(H,19,20)(H,21,22)/t12-,13?/m1/s1. The van der Waals surface area contributed by atoms with E-state index < -0.39 is 11.9 Å². The number of nitrogens with one attached hydrogen (secondary N) is 1. The maximum Gasteiger partial charge on any atom is 0.307 e. The van der Waals surface area contributed by atoms with Crippen LogP contribution in [-0.2, 0) is 11.2 Å². The van der Waals surface area contributed by atoms with Crippen molar-refractivity contribution in [3.63, 3.8) is 0 Å². The minimum atomic E-state index is -0.855. The van der Waals surface area contributed by atoms with Gasteiger partial charge in [-0.3, -0.25) is 4.79 Å². The molecule has 0 spiro atoms. The fourth-order valence-corrected chi connectivity index (χ4v) is 2.73. The van der Waals surface area contributed by atoms with Crippen LogP contribution in [0.25, 0.3) is 0 Å². The highest BCUT2D eigenvalue weighted by Crippen LogP contribution is 2.25. The molecule has 0 aliphatic rings. The van der Waals surface area contributed by atoms with Gasteiger partial charge in [0, 0.05) is 10.4 Å². The molecule has 7 heteroatoms. The molecule has 0 saturated heterocycles. The summed E-state index contributed by atoms with van der Waals surface area (Å²) in [6, 6.07) is 7.73. The van der Waals surface area contributed by atoms with Gasteiger partial charge in [-0.1, -0.05) is 47.8 Å². The van der Waals surface area contributed by atoms with Crippen LogP contribution in [0.1, 0.15) is 31.7 Å². The van der Waals surface area contributed by atoms with Gasteiger partial charge in [-0.15, -0.1) is 0 Å². The molecule has 0 saturated carbocycles. The number of nitrogens with two attached hydrogens (primary N) is 2. The van der Waals surface area contributed by atoms with Crippen molar-refractivity contribution in [1.29, 1.82) is 0 Å². The number of amidine groups is 1. The molecule has 0 bridgehead atoms. The summed E-state index contributed by atoms with van der Waals surface area (Å²) in [5.74, 6) is 9.33. The van der Waals surface area contributed by atoms with Crippen LogP contribution in [0.15, 0.2) is 33.8 Å². The molecule has 0 heterocycles. The van der Waals surface area contributed by atoms with Gasteiger partial charge in [-0.25, -0.2) is 5.84 Å². The Kier molecular flexibility index (Phi) is 7.90. The normalized spacial score (nSPS) is 14.4. The average molecular weight is 371 g/mol. The minimum absolute atomic E-state index is 0.312. The average Bonchev–Trinajstić information content (AvgIpc) is 2.50. The largest absolute Gasteiger partial charge is 0.481 e. The Morgan fingerprint density at radius 2 is 2.00 bits per heavy atom. The van der Waals surface area contributed by atoms with Crippen LogP contribution in [0.5, 0.6) is 0 Å². The molecule has 0 aromatic heterocycles. The van der Waals surface area contributed by atoms with Crippen LogP contribution in [0.3, 0.4) is 0 Å². The fourth-order valence-electron chi connectivity index (χ4n) is 2.46. The van der Waals surface area contributed by atoms with E-state index in [1.54, 1.807) is 0 Å². The monoisotopic (exact) mass is 370 g/mol. The van der Waals surface area contributed by atoms with Crippen molar-refractivity contribution < 1.29 is 9.90 Å². The van der Waals surface area contributed by atoms with Crippen molar-refractivity contribution in [2.45, 2.75) is 32.6 Å². The van der Waals surface area contributed by atoms with E-state index in [4.69, 9.17) is 11.7 Å². The number of nitrogens with zero attached hydrogens (tertiary/aromatic N) is 1. The van der Waals surface area contributed by atoms with E-state index in [2.05, 4.69) is 26.5 Å². The highest BCUT2D eigenvalue weighted by molar-refractivity contribution is 9.10. The second kappa shape index (κ2) is 9.42. The van der Waals surface area contributed by atoms with Crippen LogP contribution >= 0.6 is 15.9 Å². The lowest BCUT2D eigenvalue weighted by molar-refractivity contribution is -0.143. The SMILES string of the molecule is CCCC[C@@H](C(=O)O)C(Cc1ccc(Br)cc1)/C(=N/N)NN. The van der Waals surface area contributed by atoms with Crippen molar-refractivity contribution in [3.8, 4) is 0 Å². The summed E-state index contributed by atoms with van der Waals surface area (Å²) in [4.78, 5) is 11.7. The summed E-state index contributed by atoms with van der Waals surface area (Å²) in [6.07, 6.45) is 2.83. The predicted octanol–water partition coefficient (Wildman–Crippen LogP) is 2.23. The van der Waals surface area contributed by atoms with Gasteiger partial charge in [0.25, 0.3) is 0 Å². The van der Waals surface area contributed by atoms with E-state index in [0.29, 0.717) is 18.7 Å². The number of benzene rings is 1. The molecule has 0 aliphatic heterocycles. The zero-order chi connectivity index (χ0) is 16.5. The van der Waals surface area contributed by atoms with Crippen molar-refractivity contribution >= 4 is 27.7 Å². The van der Waals surface area contributed by atoms with E-state index in [9.17, 15) is 9.90 Å². The van der Waals surface area contributed by atoms with Crippen LogP contribution in [0.2, 0.25) is 0 Å². The highest BCUT2D eigenvalue weighted by atomic mass is 79.9. The van der Waals surface area contributed by atoms with Crippen molar-refractivity contribution in [2.75, 3.05) is 0 Å². The Morgan fingerprint density at radius 1 is 1.36 bits per heavy atom. The molecule has 1 aromatic rings. The maximum absolute atomic E-state index is 11.7. The zero-order valence-corrected chi connectivity index (χ0v) is 14.2. The van der Waals surface area contributed by atoms with Gasteiger partial charge in [0.1, 0.15) is 5.84 Å². The second-order valence-corrected chi connectivity index (χ2v) is 6.10. The van der Waals surface area contributed by atoms with Gasteiger partial charge in [0.2, 0.25) is 0 Å². The third-order valence-corrected chi connectivity index (χ3v) is 4.21. The summed E-state index contributed by atoms with van der Waals surface area (Å²) >= 11 is 3.38. The summed E-state index contributed by atoms with van der Waals surface area (Å²) < 4.78 is 0.971. The molecule has 6 N–H and O–H groups in total. The molecule has 2 atom stereocenters. The second-order valence-electron chi connectivity index (χ2n) is 5.18. The van der Waals surface area contributed by atoms with Gasteiger partial charge in [-0.2, -0.15) is 5.10 Å². The first-order valence-corrected chi connectivity index (χ1v) is 8.04. The van der Waals surface area contributed by atoms with Crippen LogP contribution in [0.4, 0.5) is 0 Å². The van der Waals surface area contributed by atoms with Gasteiger partial charge >= 0.3 is 5.97 Å². The van der Waals surface area contributed by atoms with E-state index in [1.807, 2.05) is 31.2 Å². The lowest BCUT2D eigenvalue weighted by atomic mass is 9.82. The van der Waals surface area contributed by atoms with E-state index in [-0.39, 0.29) is 5.92 Å². The number of hydrogen-bond acceptors (Lipinski definition) is 4. The summed E-state index contributed by atoms with van der Waals surface area (Å²) in [6.45, 7) is 2.03. The molecule has 6 nitrogen and oxygen atoms in total. The summed E-state index contributed by atoms with van der Waals surface area (Å²) in [5, 5.41) is 13.2. The Hall–Kier alpha value is -1.60. The van der Waals surface area contributed by atoms with Gasteiger partial charge in [0.05, 0.1) is 5.92 Å². The quantitative estimate of drug-likeness (QED) is 0.242. The molecular formula is C15H23BrN4O2.